The molecule has 6 heteroatoms. The van der Waals surface area contributed by atoms with Gasteiger partial charge in [0.25, 0.3) is 0 Å². The number of carbonyl (C=O) groups is 1. The average Bonchev–Trinajstić information content (AvgIpc) is 3.41. The second-order valence-corrected chi connectivity index (χ2v) is 10.3. The SMILES string of the molecule is CC[C@]1(c2cccc(-c3cncn3C(C)C)c2)C2=CN=NC2NC2=C1C(=O)CC(C)(C)C2. The second kappa shape index (κ2) is 7.26. The summed E-state index contributed by atoms with van der Waals surface area (Å²) in [5.41, 5.74) is 5.73. The van der Waals surface area contributed by atoms with Crippen molar-refractivity contribution in [2.75, 3.05) is 0 Å². The summed E-state index contributed by atoms with van der Waals surface area (Å²) in [4.78, 5) is 18.0. The van der Waals surface area contributed by atoms with Crippen molar-refractivity contribution in [2.45, 2.75) is 71.5 Å². The lowest BCUT2D eigenvalue weighted by molar-refractivity contribution is -0.119. The summed E-state index contributed by atoms with van der Waals surface area (Å²) in [5, 5.41) is 12.3. The molecule has 1 N–H and O–H groups in total. The molecule has 6 nitrogen and oxygen atoms in total. The predicted octanol–water partition coefficient (Wildman–Crippen LogP) is 5.70. The van der Waals surface area contributed by atoms with Crippen LogP contribution >= 0.6 is 0 Å². The van der Waals surface area contributed by atoms with Crippen LogP contribution in [0.25, 0.3) is 11.3 Å². The molecule has 0 spiro atoms. The molecular weight excluding hydrogens is 398 g/mol. The van der Waals surface area contributed by atoms with E-state index in [1.807, 2.05) is 18.7 Å². The normalized spacial score (nSPS) is 26.1. The number of imidazole rings is 1. The highest BCUT2D eigenvalue weighted by atomic mass is 16.1. The van der Waals surface area contributed by atoms with Crippen molar-refractivity contribution in [1.82, 2.24) is 14.9 Å². The lowest BCUT2D eigenvalue weighted by Crippen LogP contribution is -2.51. The van der Waals surface area contributed by atoms with E-state index in [0.29, 0.717) is 12.5 Å². The van der Waals surface area contributed by atoms with Crippen molar-refractivity contribution in [1.29, 1.82) is 0 Å². The highest BCUT2D eigenvalue weighted by Crippen LogP contribution is 2.54. The number of ketones is 1. The highest BCUT2D eigenvalue weighted by Gasteiger charge is 2.53. The number of Topliss-reactive ketones (excluding diaryl/α,β-unsaturated/α-hetero) is 1. The fourth-order valence-electron chi connectivity index (χ4n) is 5.77. The van der Waals surface area contributed by atoms with Gasteiger partial charge in [-0.1, -0.05) is 39.0 Å². The lowest BCUT2D eigenvalue weighted by atomic mass is 9.58. The monoisotopic (exact) mass is 429 g/mol. The number of hydrogen-bond donors (Lipinski definition) is 1. The van der Waals surface area contributed by atoms with Gasteiger partial charge in [-0.2, -0.15) is 10.2 Å². The topological polar surface area (TPSA) is 71.6 Å². The van der Waals surface area contributed by atoms with Crippen LogP contribution in [0.3, 0.4) is 0 Å². The van der Waals surface area contributed by atoms with Gasteiger partial charge in [-0.25, -0.2) is 4.98 Å². The molecule has 0 saturated carbocycles. The molecule has 0 bridgehead atoms. The van der Waals surface area contributed by atoms with Gasteiger partial charge in [-0.15, -0.1) is 0 Å². The largest absolute Gasteiger partial charge is 0.362 e. The van der Waals surface area contributed by atoms with Crippen molar-refractivity contribution < 1.29 is 4.79 Å². The molecule has 1 aromatic heterocycles. The first kappa shape index (κ1) is 20.9. The molecule has 32 heavy (non-hydrogen) atoms. The van der Waals surface area contributed by atoms with Gasteiger partial charge in [-0.3, -0.25) is 4.79 Å². The Bertz CT molecular complexity index is 1180. The van der Waals surface area contributed by atoms with E-state index >= 15 is 0 Å². The van der Waals surface area contributed by atoms with Gasteiger partial charge < -0.3 is 9.88 Å². The number of benzene rings is 1. The number of azo groups is 1. The standard InChI is InChI=1S/C26H31N5O/c1-6-26(18-9-7-8-17(10-18)21-14-27-15-31(21)16(2)3)19-13-28-30-24(19)29-20-11-25(4,5)12-22(32)23(20)26/h7-10,13-16,24,29H,6,11-12H2,1-5H3/t24?,26-/m0/s1. The van der Waals surface area contributed by atoms with Crippen LogP contribution in [0.2, 0.25) is 0 Å². The molecule has 5 rings (SSSR count). The van der Waals surface area contributed by atoms with E-state index in [1.165, 1.54) is 0 Å². The maximum atomic E-state index is 13.6. The first-order chi connectivity index (χ1) is 15.3. The summed E-state index contributed by atoms with van der Waals surface area (Å²) < 4.78 is 2.18. The minimum atomic E-state index is -0.527. The van der Waals surface area contributed by atoms with Crippen LogP contribution in [0, 0.1) is 5.41 Å². The van der Waals surface area contributed by atoms with Crippen molar-refractivity contribution in [3.05, 3.63) is 65.4 Å². The smallest absolute Gasteiger partial charge is 0.164 e. The molecule has 2 aliphatic heterocycles. The highest BCUT2D eigenvalue weighted by molar-refractivity contribution is 6.01. The number of rotatable bonds is 4. The summed E-state index contributed by atoms with van der Waals surface area (Å²) in [5.74, 6) is 0.231. The quantitative estimate of drug-likeness (QED) is 0.677. The Balaban J connectivity index is 1.73. The zero-order valence-corrected chi connectivity index (χ0v) is 19.5. The molecule has 166 valence electrons. The van der Waals surface area contributed by atoms with Crippen molar-refractivity contribution in [3.63, 3.8) is 0 Å². The zero-order chi connectivity index (χ0) is 22.7. The molecule has 3 heterocycles. The van der Waals surface area contributed by atoms with Crippen LogP contribution in [-0.4, -0.2) is 21.5 Å². The maximum Gasteiger partial charge on any atom is 0.164 e. The van der Waals surface area contributed by atoms with Crippen LogP contribution < -0.4 is 5.32 Å². The average molecular weight is 430 g/mol. The number of aromatic nitrogens is 2. The Morgan fingerprint density at radius 2 is 2.06 bits per heavy atom. The molecule has 2 atom stereocenters. The molecule has 0 amide bonds. The Kier molecular flexibility index (Phi) is 4.73. The zero-order valence-electron chi connectivity index (χ0n) is 19.5. The Morgan fingerprint density at radius 3 is 2.81 bits per heavy atom. The number of nitrogens with one attached hydrogen (secondary N) is 1. The molecule has 0 fully saturated rings. The van der Waals surface area contributed by atoms with E-state index in [-0.39, 0.29) is 17.4 Å². The summed E-state index contributed by atoms with van der Waals surface area (Å²) in [6, 6.07) is 8.92. The summed E-state index contributed by atoms with van der Waals surface area (Å²) >= 11 is 0. The van der Waals surface area contributed by atoms with E-state index in [1.54, 1.807) is 0 Å². The summed E-state index contributed by atoms with van der Waals surface area (Å²) in [6.45, 7) is 10.8. The number of allylic oxidation sites excluding steroid dienone is 2. The van der Waals surface area contributed by atoms with Crippen molar-refractivity contribution >= 4 is 5.78 Å². The lowest BCUT2D eigenvalue weighted by Gasteiger charge is -2.47. The fourth-order valence-corrected chi connectivity index (χ4v) is 5.77. The van der Waals surface area contributed by atoms with Crippen molar-refractivity contribution in [2.24, 2.45) is 15.6 Å². The van der Waals surface area contributed by atoms with Gasteiger partial charge in [0, 0.05) is 34.9 Å². The number of fused-ring (bicyclic) bond motifs is 1. The van der Waals surface area contributed by atoms with E-state index in [9.17, 15) is 4.79 Å². The molecular formula is C26H31N5O. The van der Waals surface area contributed by atoms with Crippen LogP contribution in [-0.2, 0) is 10.2 Å². The van der Waals surface area contributed by atoms with Gasteiger partial charge in [0.05, 0.1) is 29.8 Å². The third kappa shape index (κ3) is 2.99. The minimum Gasteiger partial charge on any atom is -0.362 e. The van der Waals surface area contributed by atoms with Gasteiger partial charge in [0.1, 0.15) is 0 Å². The van der Waals surface area contributed by atoms with Crippen LogP contribution in [0.1, 0.15) is 65.5 Å². The van der Waals surface area contributed by atoms with E-state index in [4.69, 9.17) is 0 Å². The number of nitrogens with zero attached hydrogens (tertiary/aromatic N) is 4. The van der Waals surface area contributed by atoms with Crippen LogP contribution in [0.4, 0.5) is 0 Å². The first-order valence-corrected chi connectivity index (χ1v) is 11.5. The van der Waals surface area contributed by atoms with Gasteiger partial charge in [0.2, 0.25) is 0 Å². The number of hydrogen-bond acceptors (Lipinski definition) is 5. The molecule has 1 aromatic carbocycles. The molecule has 1 aliphatic carbocycles. The Labute approximate surface area is 189 Å². The fraction of sp³-hybridized carbons (Fsp3) is 0.462. The van der Waals surface area contributed by atoms with Crippen LogP contribution in [0.5, 0.6) is 0 Å². The minimum absolute atomic E-state index is 0.0645. The Morgan fingerprint density at radius 1 is 1.25 bits per heavy atom. The molecule has 3 aliphatic rings. The third-order valence-corrected chi connectivity index (χ3v) is 7.18. The molecule has 1 unspecified atom stereocenters. The van der Waals surface area contributed by atoms with Crippen LogP contribution in [0.15, 0.2) is 70.1 Å². The molecule has 2 aromatic rings. The van der Waals surface area contributed by atoms with Gasteiger partial charge in [-0.05, 0) is 43.7 Å². The van der Waals surface area contributed by atoms with E-state index in [0.717, 1.165) is 46.5 Å². The number of carbonyl (C=O) groups excluding carboxylic acids is 1. The van der Waals surface area contributed by atoms with Gasteiger partial charge in [0.15, 0.2) is 11.9 Å². The third-order valence-electron chi connectivity index (χ3n) is 7.18. The molecule has 0 radical (unpaired) electrons. The van der Waals surface area contributed by atoms with Crippen molar-refractivity contribution in [3.8, 4) is 11.3 Å². The first-order valence-electron chi connectivity index (χ1n) is 11.5. The summed E-state index contributed by atoms with van der Waals surface area (Å²) in [6.07, 6.45) is 7.63. The van der Waals surface area contributed by atoms with Gasteiger partial charge >= 0.3 is 0 Å². The predicted molar refractivity (Wildman–Crippen MR) is 125 cm³/mol. The van der Waals surface area contributed by atoms with E-state index < -0.39 is 5.41 Å². The second-order valence-electron chi connectivity index (χ2n) is 10.3. The van der Waals surface area contributed by atoms with E-state index in [2.05, 4.69) is 84.0 Å². The summed E-state index contributed by atoms with van der Waals surface area (Å²) in [7, 11) is 0. The Hall–Kier alpha value is -3.02. The maximum absolute atomic E-state index is 13.6. The molecule has 0 saturated heterocycles.